The molecule has 0 aliphatic heterocycles. The molecule has 0 amide bonds. The predicted molar refractivity (Wildman–Crippen MR) is 156 cm³/mol. The largest absolute Gasteiger partial charge is 0.405 e. The number of hydrogen-bond donors (Lipinski definition) is 1. The summed E-state index contributed by atoms with van der Waals surface area (Å²) in [6.45, 7) is 13.3. The summed E-state index contributed by atoms with van der Waals surface area (Å²) in [6.07, 6.45) is 0. The number of benzene rings is 2. The van der Waals surface area contributed by atoms with Gasteiger partial charge in [-0.05, 0) is 15.4 Å². The molecule has 0 spiro atoms. The average molecular weight is 565 g/mol. The number of aliphatic hydroxyl groups excluding tert-OH is 1. The van der Waals surface area contributed by atoms with Gasteiger partial charge in [-0.15, -0.1) is 0 Å². The highest BCUT2D eigenvalue weighted by molar-refractivity contribution is 6.99. The van der Waals surface area contributed by atoms with Crippen molar-refractivity contribution >= 4 is 18.7 Å². The molecule has 9 heteroatoms. The maximum absolute atomic E-state index is 8.60. The molecule has 0 aromatic heterocycles. The highest BCUT2D eigenvalue weighted by Gasteiger charge is 2.49. The Hall–Kier alpha value is -1.66. The van der Waals surface area contributed by atoms with Crippen LogP contribution in [-0.4, -0.2) is 106 Å². The highest BCUT2D eigenvalue weighted by Crippen LogP contribution is 2.36. The smallest absolute Gasteiger partial charge is 0.261 e. The van der Waals surface area contributed by atoms with Gasteiger partial charge in [0.1, 0.15) is 0 Å². The lowest BCUT2D eigenvalue weighted by molar-refractivity contribution is -0.0192. The fourth-order valence-electron chi connectivity index (χ4n) is 4.28. The maximum Gasteiger partial charge on any atom is 0.261 e. The van der Waals surface area contributed by atoms with Crippen LogP contribution in [0.4, 0.5) is 0 Å². The number of rotatable bonds is 23. The number of ether oxygens (including phenoxy) is 6. The van der Waals surface area contributed by atoms with Gasteiger partial charge >= 0.3 is 0 Å². The van der Waals surface area contributed by atoms with Crippen LogP contribution in [0.25, 0.3) is 0 Å². The van der Waals surface area contributed by atoms with Crippen LogP contribution in [0.3, 0.4) is 0 Å². The second kappa shape index (κ2) is 20.2. The summed E-state index contributed by atoms with van der Waals surface area (Å²) < 4.78 is 39.6. The summed E-state index contributed by atoms with van der Waals surface area (Å²) in [5, 5.41) is 11.1. The molecule has 0 heterocycles. The van der Waals surface area contributed by atoms with Crippen molar-refractivity contribution in [1.29, 1.82) is 0 Å². The zero-order chi connectivity index (χ0) is 28.1. The predicted octanol–water partition coefficient (Wildman–Crippen LogP) is 2.65. The Bertz CT molecular complexity index is 792. The van der Waals surface area contributed by atoms with Crippen molar-refractivity contribution < 1.29 is 38.0 Å². The third-order valence-electron chi connectivity index (χ3n) is 6.06. The lowest BCUT2D eigenvalue weighted by Gasteiger charge is -2.43. The number of hydrogen-bond acceptors (Lipinski definition) is 8. The molecule has 0 atom stereocenters. The molecule has 1 N–H and O–H groups in total. The summed E-state index contributed by atoms with van der Waals surface area (Å²) in [6, 6.07) is 21.3. The molecule has 0 saturated carbocycles. The fraction of sp³-hybridized carbons (Fsp3) is 0.600. The second-order valence-electron chi connectivity index (χ2n) is 9.91. The van der Waals surface area contributed by atoms with Gasteiger partial charge in [0.2, 0.25) is 0 Å². The van der Waals surface area contributed by atoms with E-state index in [-0.39, 0.29) is 11.6 Å². The van der Waals surface area contributed by atoms with Crippen molar-refractivity contribution in [2.45, 2.75) is 25.8 Å². The first-order valence-corrected chi connectivity index (χ1v) is 15.8. The Labute approximate surface area is 235 Å². The Morgan fingerprint density at radius 1 is 0.487 bits per heavy atom. The lowest BCUT2D eigenvalue weighted by atomic mass is 10.2. The van der Waals surface area contributed by atoms with Crippen molar-refractivity contribution in [2.24, 2.45) is 0 Å². The van der Waals surface area contributed by atoms with E-state index >= 15 is 0 Å². The van der Waals surface area contributed by atoms with Crippen LogP contribution in [0, 0.1) is 0 Å². The summed E-state index contributed by atoms with van der Waals surface area (Å²) in [7, 11) is -2.52. The minimum atomic E-state index is -2.52. The molecular weight excluding hydrogens is 516 g/mol. The molecule has 8 nitrogen and oxygen atoms in total. The van der Waals surface area contributed by atoms with Crippen LogP contribution in [-0.2, 0) is 32.8 Å². The summed E-state index contributed by atoms with van der Waals surface area (Å²) in [5.74, 6) is 0. The molecule has 2 aromatic carbocycles. The molecule has 0 bridgehead atoms. The van der Waals surface area contributed by atoms with Gasteiger partial charge in [-0.2, -0.15) is 0 Å². The number of aliphatic hydroxyl groups is 1. The SMILES string of the molecule is CC(C)(C)[Si](OCCOCCOCCOCCOCCOCCOCCO)(c1ccccc1)c1ccccc1. The molecule has 39 heavy (non-hydrogen) atoms. The zero-order valence-electron chi connectivity index (χ0n) is 24.0. The first kappa shape index (κ1) is 33.5. The van der Waals surface area contributed by atoms with Crippen LogP contribution < -0.4 is 10.4 Å². The standard InChI is InChI=1S/C30H48O8Si/c1-30(2,3)39(28-10-6-4-7-11-28,29-12-8-5-9-13-29)38-27-26-37-25-24-36-23-22-35-21-20-34-19-18-33-17-16-32-15-14-31/h4-13,31H,14-27H2,1-3H3. The molecule has 2 aromatic rings. The van der Waals surface area contributed by atoms with Crippen molar-refractivity contribution in [3.05, 3.63) is 60.7 Å². The molecule has 0 aliphatic carbocycles. The first-order valence-electron chi connectivity index (χ1n) is 13.8. The van der Waals surface area contributed by atoms with Gasteiger partial charge < -0.3 is 38.0 Å². The average Bonchev–Trinajstić information content (AvgIpc) is 2.94. The summed E-state index contributed by atoms with van der Waals surface area (Å²) in [5.41, 5.74) is 0. The van der Waals surface area contributed by atoms with Gasteiger partial charge in [-0.1, -0.05) is 81.4 Å². The Kier molecular flexibility index (Phi) is 17.4. The molecule has 0 radical (unpaired) electrons. The second-order valence-corrected chi connectivity index (χ2v) is 14.2. The molecule has 0 fully saturated rings. The highest BCUT2D eigenvalue weighted by atomic mass is 28.4. The van der Waals surface area contributed by atoms with E-state index in [2.05, 4.69) is 81.4 Å². The van der Waals surface area contributed by atoms with Gasteiger partial charge in [0.05, 0.1) is 92.5 Å². The lowest BCUT2D eigenvalue weighted by Crippen LogP contribution is -2.66. The van der Waals surface area contributed by atoms with E-state index in [0.717, 1.165) is 0 Å². The molecule has 0 aliphatic rings. The quantitative estimate of drug-likeness (QED) is 0.163. The van der Waals surface area contributed by atoms with Gasteiger partial charge in [0, 0.05) is 0 Å². The minimum absolute atomic E-state index is 0.0298. The Morgan fingerprint density at radius 3 is 1.10 bits per heavy atom. The molecule has 0 saturated heterocycles. The molecule has 2 rings (SSSR count). The van der Waals surface area contributed by atoms with Crippen molar-refractivity contribution in [2.75, 3.05) is 92.5 Å². The Morgan fingerprint density at radius 2 is 0.795 bits per heavy atom. The first-order chi connectivity index (χ1) is 19.0. The van der Waals surface area contributed by atoms with Crippen LogP contribution in [0.5, 0.6) is 0 Å². The van der Waals surface area contributed by atoms with Crippen molar-refractivity contribution in [3.8, 4) is 0 Å². The van der Waals surface area contributed by atoms with E-state index in [0.29, 0.717) is 85.9 Å². The third-order valence-corrected chi connectivity index (χ3v) is 11.1. The summed E-state index contributed by atoms with van der Waals surface area (Å²) in [4.78, 5) is 0. The third kappa shape index (κ3) is 12.6. The molecule has 220 valence electrons. The van der Waals surface area contributed by atoms with Crippen molar-refractivity contribution in [1.82, 2.24) is 0 Å². The van der Waals surface area contributed by atoms with Crippen LogP contribution >= 0.6 is 0 Å². The van der Waals surface area contributed by atoms with Crippen LogP contribution in [0.1, 0.15) is 20.8 Å². The van der Waals surface area contributed by atoms with E-state index < -0.39 is 8.32 Å². The monoisotopic (exact) mass is 564 g/mol. The fourth-order valence-corrected chi connectivity index (χ4v) is 8.83. The van der Waals surface area contributed by atoms with E-state index in [1.165, 1.54) is 10.4 Å². The van der Waals surface area contributed by atoms with E-state index in [1.807, 2.05) is 0 Å². The van der Waals surface area contributed by atoms with E-state index in [9.17, 15) is 0 Å². The van der Waals surface area contributed by atoms with Gasteiger partial charge in [0.15, 0.2) is 0 Å². The Balaban J connectivity index is 1.55. The minimum Gasteiger partial charge on any atom is -0.405 e. The summed E-state index contributed by atoms with van der Waals surface area (Å²) >= 11 is 0. The van der Waals surface area contributed by atoms with Gasteiger partial charge in [0.25, 0.3) is 8.32 Å². The maximum atomic E-state index is 8.60. The van der Waals surface area contributed by atoms with Crippen LogP contribution in [0.15, 0.2) is 60.7 Å². The van der Waals surface area contributed by atoms with Crippen molar-refractivity contribution in [3.63, 3.8) is 0 Å². The van der Waals surface area contributed by atoms with Gasteiger partial charge in [-0.3, -0.25) is 0 Å². The van der Waals surface area contributed by atoms with E-state index in [4.69, 9.17) is 38.0 Å². The molecular formula is C30H48O8Si. The van der Waals surface area contributed by atoms with Crippen LogP contribution in [0.2, 0.25) is 5.04 Å². The van der Waals surface area contributed by atoms with E-state index in [1.54, 1.807) is 0 Å². The van der Waals surface area contributed by atoms with Gasteiger partial charge in [-0.25, -0.2) is 0 Å². The normalized spacial score (nSPS) is 12.2. The topological polar surface area (TPSA) is 84.8 Å². The zero-order valence-corrected chi connectivity index (χ0v) is 25.0. The molecule has 0 unspecified atom stereocenters.